The lowest BCUT2D eigenvalue weighted by atomic mass is 10.1. The van der Waals surface area contributed by atoms with Gasteiger partial charge in [-0.15, -0.1) is 11.3 Å². The second kappa shape index (κ2) is 9.74. The normalized spacial score (nSPS) is 15.2. The van der Waals surface area contributed by atoms with Crippen molar-refractivity contribution in [1.29, 1.82) is 0 Å². The van der Waals surface area contributed by atoms with E-state index in [9.17, 15) is 12.8 Å². The fraction of sp³-hybridized carbons (Fsp3) is 0.318. The predicted octanol–water partition coefficient (Wildman–Crippen LogP) is 4.44. The fourth-order valence-electron chi connectivity index (χ4n) is 3.55. The first kappa shape index (κ1) is 23.0. The smallest absolute Gasteiger partial charge is 0.244 e. The van der Waals surface area contributed by atoms with Crippen molar-refractivity contribution in [3.05, 3.63) is 69.9 Å². The van der Waals surface area contributed by atoms with Crippen LogP contribution in [0.25, 0.3) is 0 Å². The van der Waals surface area contributed by atoms with Crippen molar-refractivity contribution in [3.63, 3.8) is 0 Å². The highest BCUT2D eigenvalue weighted by Crippen LogP contribution is 2.28. The number of hydrogen-bond donors (Lipinski definition) is 0. The van der Waals surface area contributed by atoms with Crippen molar-refractivity contribution < 1.29 is 17.5 Å². The molecule has 1 saturated heterocycles. The molecule has 0 unspecified atom stereocenters. The van der Waals surface area contributed by atoms with Crippen molar-refractivity contribution in [2.45, 2.75) is 18.2 Å². The first-order valence-electron chi connectivity index (χ1n) is 10.2. The third-order valence-corrected chi connectivity index (χ3v) is 8.51. The molecule has 10 heteroatoms. The highest BCUT2D eigenvalue weighted by Gasteiger charge is 2.31. The van der Waals surface area contributed by atoms with E-state index in [1.807, 2.05) is 36.6 Å². The number of rotatable bonds is 7. The van der Waals surface area contributed by atoms with Crippen molar-refractivity contribution in [2.24, 2.45) is 0 Å². The molecular formula is C22H23ClFN3O3S2. The zero-order valence-corrected chi connectivity index (χ0v) is 19.9. The molecule has 1 aliphatic heterocycles. The number of nitrogens with zero attached hydrogens (tertiary/aromatic N) is 3. The maximum Gasteiger partial charge on any atom is 0.244 e. The molecule has 0 N–H and O–H groups in total. The molecule has 1 aromatic heterocycles. The van der Waals surface area contributed by atoms with E-state index in [1.165, 1.54) is 10.4 Å². The van der Waals surface area contributed by atoms with Crippen molar-refractivity contribution in [1.82, 2.24) is 9.29 Å². The minimum atomic E-state index is -3.78. The van der Waals surface area contributed by atoms with E-state index in [0.717, 1.165) is 40.7 Å². The maximum atomic E-state index is 13.3. The number of anilines is 1. The Hall–Kier alpha value is -2.20. The van der Waals surface area contributed by atoms with Crippen LogP contribution in [0.15, 0.2) is 52.7 Å². The Morgan fingerprint density at radius 3 is 2.50 bits per heavy atom. The number of benzene rings is 2. The Balaban J connectivity index is 1.38. The van der Waals surface area contributed by atoms with E-state index in [4.69, 9.17) is 21.3 Å². The summed E-state index contributed by atoms with van der Waals surface area (Å²) in [7, 11) is -3.78. The monoisotopic (exact) mass is 495 g/mol. The molecule has 0 amide bonds. The van der Waals surface area contributed by atoms with Gasteiger partial charge in [0.05, 0.1) is 17.3 Å². The van der Waals surface area contributed by atoms with Gasteiger partial charge in [-0.1, -0.05) is 23.7 Å². The Bertz CT molecular complexity index is 1180. The molecule has 0 spiro atoms. The van der Waals surface area contributed by atoms with Crippen LogP contribution in [-0.4, -0.2) is 50.5 Å². The number of thiazole rings is 1. The standard InChI is InChI=1S/C22H23ClFN3O3S2/c1-2-30-19-6-3-16(4-7-19)13-18-15-31-22(25-18)26-9-11-27(12-10-26)32(28,29)21-8-5-17(24)14-20(21)23/h3-8,14-15H,2,9-13H2,1H3. The zero-order valence-electron chi connectivity index (χ0n) is 17.5. The molecule has 2 heterocycles. The van der Waals surface area contributed by atoms with Crippen LogP contribution in [0.2, 0.25) is 5.02 Å². The summed E-state index contributed by atoms with van der Waals surface area (Å²) in [4.78, 5) is 6.76. The van der Waals surface area contributed by atoms with E-state index < -0.39 is 15.8 Å². The minimum Gasteiger partial charge on any atom is -0.494 e. The number of aromatic nitrogens is 1. The summed E-state index contributed by atoms with van der Waals surface area (Å²) in [6.07, 6.45) is 0.723. The Morgan fingerprint density at radius 1 is 1.12 bits per heavy atom. The molecule has 2 aromatic carbocycles. The van der Waals surface area contributed by atoms with Crippen molar-refractivity contribution >= 4 is 38.1 Å². The predicted molar refractivity (Wildman–Crippen MR) is 125 cm³/mol. The van der Waals surface area contributed by atoms with Gasteiger partial charge < -0.3 is 9.64 Å². The summed E-state index contributed by atoms with van der Waals surface area (Å²) in [5.74, 6) is 0.286. The molecule has 1 aliphatic rings. The van der Waals surface area contributed by atoms with Crippen LogP contribution in [0.1, 0.15) is 18.2 Å². The van der Waals surface area contributed by atoms with Gasteiger partial charge >= 0.3 is 0 Å². The lowest BCUT2D eigenvalue weighted by Gasteiger charge is -2.33. The second-order valence-corrected chi connectivity index (χ2v) is 10.5. The summed E-state index contributed by atoms with van der Waals surface area (Å²) >= 11 is 7.53. The van der Waals surface area contributed by atoms with Gasteiger partial charge in [-0.25, -0.2) is 17.8 Å². The molecule has 170 valence electrons. The summed E-state index contributed by atoms with van der Waals surface area (Å²) < 4.78 is 46.0. The quantitative estimate of drug-likeness (QED) is 0.485. The van der Waals surface area contributed by atoms with Crippen LogP contribution >= 0.6 is 22.9 Å². The van der Waals surface area contributed by atoms with Crippen LogP contribution in [0.5, 0.6) is 5.75 Å². The summed E-state index contributed by atoms with van der Waals surface area (Å²) in [6.45, 7) is 4.26. The maximum absolute atomic E-state index is 13.3. The number of halogens is 2. The first-order chi connectivity index (χ1) is 15.4. The number of sulfonamides is 1. The molecule has 32 heavy (non-hydrogen) atoms. The van der Waals surface area contributed by atoms with Crippen LogP contribution in [-0.2, 0) is 16.4 Å². The summed E-state index contributed by atoms with van der Waals surface area (Å²) in [5, 5.41) is 2.81. The molecular weight excluding hydrogens is 473 g/mol. The average molecular weight is 496 g/mol. The van der Waals surface area contributed by atoms with Gasteiger partial charge in [0.2, 0.25) is 10.0 Å². The lowest BCUT2D eigenvalue weighted by Crippen LogP contribution is -2.48. The number of ether oxygens (including phenoxy) is 1. The van der Waals surface area contributed by atoms with E-state index in [1.54, 1.807) is 11.3 Å². The largest absolute Gasteiger partial charge is 0.494 e. The van der Waals surface area contributed by atoms with E-state index in [0.29, 0.717) is 32.8 Å². The van der Waals surface area contributed by atoms with E-state index >= 15 is 0 Å². The van der Waals surface area contributed by atoms with Gasteiger partial charge in [-0.05, 0) is 42.8 Å². The molecule has 0 saturated carbocycles. The highest BCUT2D eigenvalue weighted by atomic mass is 35.5. The molecule has 4 rings (SSSR count). The van der Waals surface area contributed by atoms with Gasteiger partial charge in [0.25, 0.3) is 0 Å². The third-order valence-electron chi connectivity index (χ3n) is 5.18. The van der Waals surface area contributed by atoms with Gasteiger partial charge in [0, 0.05) is 38.0 Å². The van der Waals surface area contributed by atoms with Crippen LogP contribution in [0.3, 0.4) is 0 Å². The van der Waals surface area contributed by atoms with Crippen molar-refractivity contribution in [2.75, 3.05) is 37.7 Å². The topological polar surface area (TPSA) is 62.7 Å². The molecule has 3 aromatic rings. The van der Waals surface area contributed by atoms with Crippen LogP contribution in [0.4, 0.5) is 9.52 Å². The van der Waals surface area contributed by atoms with Gasteiger partial charge in [-0.2, -0.15) is 4.31 Å². The van der Waals surface area contributed by atoms with E-state index in [-0.39, 0.29) is 9.92 Å². The minimum absolute atomic E-state index is 0.0686. The highest BCUT2D eigenvalue weighted by molar-refractivity contribution is 7.89. The van der Waals surface area contributed by atoms with Crippen molar-refractivity contribution in [3.8, 4) is 5.75 Å². The van der Waals surface area contributed by atoms with Crippen LogP contribution < -0.4 is 9.64 Å². The van der Waals surface area contributed by atoms with Gasteiger partial charge in [-0.3, -0.25) is 0 Å². The average Bonchev–Trinajstić information content (AvgIpc) is 3.24. The first-order valence-corrected chi connectivity index (χ1v) is 12.9. The van der Waals surface area contributed by atoms with Gasteiger partial charge in [0.1, 0.15) is 16.5 Å². The second-order valence-electron chi connectivity index (χ2n) is 7.34. The zero-order chi connectivity index (χ0) is 22.7. The third kappa shape index (κ3) is 5.06. The molecule has 0 radical (unpaired) electrons. The van der Waals surface area contributed by atoms with Gasteiger partial charge in [0.15, 0.2) is 5.13 Å². The summed E-state index contributed by atoms with van der Waals surface area (Å²) in [5.41, 5.74) is 2.12. The molecule has 0 bridgehead atoms. The SMILES string of the molecule is CCOc1ccc(Cc2csc(N3CCN(S(=O)(=O)c4ccc(F)cc4Cl)CC3)n2)cc1. The summed E-state index contributed by atoms with van der Waals surface area (Å²) in [6, 6.07) is 11.3. The molecule has 1 fully saturated rings. The molecule has 6 nitrogen and oxygen atoms in total. The fourth-order valence-corrected chi connectivity index (χ4v) is 6.35. The Morgan fingerprint density at radius 2 is 1.84 bits per heavy atom. The number of hydrogen-bond acceptors (Lipinski definition) is 6. The van der Waals surface area contributed by atoms with Crippen LogP contribution in [0, 0.1) is 5.82 Å². The molecule has 0 atom stereocenters. The Labute approximate surface area is 196 Å². The Kier molecular flexibility index (Phi) is 6.99. The van der Waals surface area contributed by atoms with E-state index in [2.05, 4.69) is 4.90 Å². The number of piperazine rings is 1. The molecule has 0 aliphatic carbocycles. The lowest BCUT2D eigenvalue weighted by molar-refractivity contribution is 0.340.